The molecule has 0 aliphatic carbocycles. The summed E-state index contributed by atoms with van der Waals surface area (Å²) >= 11 is 0. The molecular formula is C22H28N2O2. The van der Waals surface area contributed by atoms with Gasteiger partial charge in [-0.2, -0.15) is 0 Å². The standard InChI is InChI=1S/C20H26.2CHNO/c1-7-11-17-15(5)16(6)18(12-8-2)20(14-10-4)19(17)13-9-3;2*2-1-3/h7-10H,1-4,11-14H2,5-6H3;2*2H. The fourth-order valence-corrected chi connectivity index (χ4v) is 2.89. The highest BCUT2D eigenvalue weighted by atomic mass is 16.1. The van der Waals surface area contributed by atoms with Crippen molar-refractivity contribution in [1.82, 2.24) is 0 Å². The Morgan fingerprint density at radius 2 is 0.846 bits per heavy atom. The van der Waals surface area contributed by atoms with E-state index in [1.54, 1.807) is 0 Å². The largest absolute Gasteiger partial charge is 0.231 e. The van der Waals surface area contributed by atoms with Gasteiger partial charge >= 0.3 is 0 Å². The molecule has 26 heavy (non-hydrogen) atoms. The van der Waals surface area contributed by atoms with Crippen LogP contribution in [0.1, 0.15) is 33.4 Å². The number of allylic oxidation sites excluding steroid dienone is 4. The van der Waals surface area contributed by atoms with E-state index in [1.807, 2.05) is 24.3 Å². The first kappa shape index (κ1) is 25.2. The van der Waals surface area contributed by atoms with Gasteiger partial charge in [0.2, 0.25) is 12.2 Å². The number of benzene rings is 1. The summed E-state index contributed by atoms with van der Waals surface area (Å²) in [5.74, 6) is 0. The van der Waals surface area contributed by atoms with Gasteiger partial charge in [0, 0.05) is 0 Å². The molecule has 0 spiro atoms. The van der Waals surface area contributed by atoms with E-state index in [0.29, 0.717) is 0 Å². The zero-order chi connectivity index (χ0) is 20.5. The molecule has 1 aromatic rings. The quantitative estimate of drug-likeness (QED) is 0.391. The molecule has 0 saturated carbocycles. The smallest absolute Gasteiger partial charge is 0.222 e. The molecule has 1 rings (SSSR count). The lowest BCUT2D eigenvalue weighted by molar-refractivity contribution is 0.562. The molecule has 0 aliphatic heterocycles. The number of hydrogen-bond acceptors (Lipinski definition) is 4. The van der Waals surface area contributed by atoms with Crippen LogP contribution >= 0.6 is 0 Å². The molecule has 2 N–H and O–H groups in total. The van der Waals surface area contributed by atoms with Crippen LogP contribution in [0.25, 0.3) is 0 Å². The molecule has 138 valence electrons. The van der Waals surface area contributed by atoms with Crippen molar-refractivity contribution in [2.45, 2.75) is 39.5 Å². The number of rotatable bonds is 8. The van der Waals surface area contributed by atoms with Gasteiger partial charge in [-0.3, -0.25) is 0 Å². The predicted octanol–water partition coefficient (Wildman–Crippen LogP) is 5.02. The number of nitrogens with one attached hydrogen (secondary N) is 2. The van der Waals surface area contributed by atoms with Crippen LogP contribution in [-0.4, -0.2) is 12.2 Å². The van der Waals surface area contributed by atoms with Gasteiger partial charge in [0.1, 0.15) is 0 Å². The van der Waals surface area contributed by atoms with Gasteiger partial charge in [-0.1, -0.05) is 24.3 Å². The topological polar surface area (TPSA) is 81.8 Å². The van der Waals surface area contributed by atoms with Gasteiger partial charge in [-0.05, 0) is 72.9 Å². The lowest BCUT2D eigenvalue weighted by Crippen LogP contribution is -2.09. The number of carbonyl (C=O) groups excluding carboxylic acids is 2. The van der Waals surface area contributed by atoms with Crippen molar-refractivity contribution in [2.24, 2.45) is 0 Å². The first-order valence-electron chi connectivity index (χ1n) is 8.09. The van der Waals surface area contributed by atoms with E-state index in [2.05, 4.69) is 40.2 Å². The Bertz CT molecular complexity index is 643. The van der Waals surface area contributed by atoms with Crippen LogP contribution in [0.15, 0.2) is 50.6 Å². The summed E-state index contributed by atoms with van der Waals surface area (Å²) in [7, 11) is 0. The minimum absolute atomic E-state index is 0.750. The van der Waals surface area contributed by atoms with Crippen LogP contribution in [0.4, 0.5) is 0 Å². The Balaban J connectivity index is 0. The summed E-state index contributed by atoms with van der Waals surface area (Å²) in [6, 6.07) is 0. The van der Waals surface area contributed by atoms with E-state index >= 15 is 0 Å². The summed E-state index contributed by atoms with van der Waals surface area (Å²) < 4.78 is 0. The van der Waals surface area contributed by atoms with Crippen LogP contribution in [0, 0.1) is 24.7 Å². The Morgan fingerprint density at radius 3 is 1.04 bits per heavy atom. The van der Waals surface area contributed by atoms with Gasteiger partial charge in [0.25, 0.3) is 0 Å². The van der Waals surface area contributed by atoms with Crippen molar-refractivity contribution in [3.63, 3.8) is 0 Å². The third-order valence-corrected chi connectivity index (χ3v) is 3.95. The molecule has 0 bridgehead atoms. The van der Waals surface area contributed by atoms with Crippen LogP contribution < -0.4 is 0 Å². The van der Waals surface area contributed by atoms with Crippen LogP contribution in [0.5, 0.6) is 0 Å². The molecule has 4 heteroatoms. The molecule has 0 aliphatic rings. The van der Waals surface area contributed by atoms with Crippen LogP contribution in [0.2, 0.25) is 0 Å². The highest BCUT2D eigenvalue weighted by Crippen LogP contribution is 2.30. The lowest BCUT2D eigenvalue weighted by Gasteiger charge is -2.22. The van der Waals surface area contributed by atoms with E-state index in [-0.39, 0.29) is 0 Å². The van der Waals surface area contributed by atoms with Gasteiger partial charge < -0.3 is 0 Å². The Hall–Kier alpha value is -3.06. The number of isocyanates is 2. The normalized spacial score (nSPS) is 8.38. The summed E-state index contributed by atoms with van der Waals surface area (Å²) in [5.41, 5.74) is 8.38. The Kier molecular flexibility index (Phi) is 15.0. The minimum atomic E-state index is 0.750. The SMILES string of the molecule is C=CCc1c(C)c(C)c(CC=C)c(CC=C)c1CC=C.N=C=O.N=C=O. The second-order valence-electron chi connectivity index (χ2n) is 5.34. The summed E-state index contributed by atoms with van der Waals surface area (Å²) in [6.45, 7) is 20.1. The van der Waals surface area contributed by atoms with Gasteiger partial charge in [-0.15, -0.1) is 26.3 Å². The molecule has 1 aromatic carbocycles. The van der Waals surface area contributed by atoms with Crippen molar-refractivity contribution in [3.05, 3.63) is 84.0 Å². The van der Waals surface area contributed by atoms with E-state index in [0.717, 1.165) is 37.8 Å². The molecule has 4 nitrogen and oxygen atoms in total. The van der Waals surface area contributed by atoms with Crippen molar-refractivity contribution in [1.29, 1.82) is 10.8 Å². The molecule has 0 amide bonds. The van der Waals surface area contributed by atoms with Crippen molar-refractivity contribution in [2.75, 3.05) is 0 Å². The van der Waals surface area contributed by atoms with Crippen molar-refractivity contribution >= 4 is 12.2 Å². The maximum atomic E-state index is 8.35. The van der Waals surface area contributed by atoms with Gasteiger partial charge in [0.05, 0.1) is 0 Å². The first-order valence-corrected chi connectivity index (χ1v) is 8.09. The molecule has 0 heterocycles. The maximum absolute atomic E-state index is 8.35. The minimum Gasteiger partial charge on any atom is -0.222 e. The molecule has 0 aromatic heterocycles. The van der Waals surface area contributed by atoms with Crippen LogP contribution in [-0.2, 0) is 35.3 Å². The third-order valence-electron chi connectivity index (χ3n) is 3.95. The summed E-state index contributed by atoms with van der Waals surface area (Å²) in [4.78, 5) is 16.7. The van der Waals surface area contributed by atoms with Crippen molar-refractivity contribution in [3.8, 4) is 0 Å². The zero-order valence-corrected chi connectivity index (χ0v) is 15.8. The Labute approximate surface area is 156 Å². The molecule has 0 radical (unpaired) electrons. The molecule has 0 unspecified atom stereocenters. The summed E-state index contributed by atoms with van der Waals surface area (Å²) in [5, 5.41) is 10.8. The van der Waals surface area contributed by atoms with Gasteiger partial charge in [-0.25, -0.2) is 20.4 Å². The third kappa shape index (κ3) is 7.67. The first-order chi connectivity index (χ1) is 12.4. The molecular weight excluding hydrogens is 324 g/mol. The molecule has 0 saturated heterocycles. The van der Waals surface area contributed by atoms with Gasteiger partial charge in [0.15, 0.2) is 0 Å². The number of hydrogen-bond donors (Lipinski definition) is 2. The fourth-order valence-electron chi connectivity index (χ4n) is 2.89. The monoisotopic (exact) mass is 352 g/mol. The molecule has 0 fully saturated rings. The Morgan fingerprint density at radius 1 is 0.654 bits per heavy atom. The molecule has 0 atom stereocenters. The highest BCUT2D eigenvalue weighted by molar-refractivity contribution is 5.53. The lowest BCUT2D eigenvalue weighted by atomic mass is 9.83. The predicted molar refractivity (Wildman–Crippen MR) is 108 cm³/mol. The van der Waals surface area contributed by atoms with E-state index in [1.165, 1.54) is 33.4 Å². The van der Waals surface area contributed by atoms with E-state index in [9.17, 15) is 0 Å². The highest BCUT2D eigenvalue weighted by Gasteiger charge is 2.16. The summed E-state index contributed by atoms with van der Waals surface area (Å²) in [6.07, 6.45) is 13.1. The second-order valence-corrected chi connectivity index (χ2v) is 5.34. The fraction of sp³-hybridized carbons (Fsp3) is 0.273. The maximum Gasteiger partial charge on any atom is 0.231 e. The van der Waals surface area contributed by atoms with Crippen LogP contribution in [0.3, 0.4) is 0 Å². The van der Waals surface area contributed by atoms with E-state index < -0.39 is 0 Å². The average Bonchev–Trinajstić information content (AvgIpc) is 2.60. The van der Waals surface area contributed by atoms with E-state index in [4.69, 9.17) is 20.4 Å². The van der Waals surface area contributed by atoms with Crippen molar-refractivity contribution < 1.29 is 9.59 Å². The average molecular weight is 352 g/mol. The second kappa shape index (κ2) is 15.5. The zero-order valence-electron chi connectivity index (χ0n) is 15.8.